The van der Waals surface area contributed by atoms with E-state index < -0.39 is 0 Å². The van der Waals surface area contributed by atoms with Gasteiger partial charge in [-0.2, -0.15) is 0 Å². The van der Waals surface area contributed by atoms with Gasteiger partial charge >= 0.3 is 5.97 Å². The van der Waals surface area contributed by atoms with Gasteiger partial charge in [-0.25, -0.2) is 4.79 Å². The second kappa shape index (κ2) is 4.09. The Morgan fingerprint density at radius 1 is 1.18 bits per heavy atom. The molecule has 1 aromatic heterocycles. The van der Waals surface area contributed by atoms with Crippen molar-refractivity contribution < 1.29 is 9.53 Å². The van der Waals surface area contributed by atoms with Crippen molar-refractivity contribution in [2.24, 2.45) is 0 Å². The fourth-order valence-corrected chi connectivity index (χ4v) is 2.16. The maximum absolute atomic E-state index is 11.5. The monoisotopic (exact) mass is 227 g/mol. The smallest absolute Gasteiger partial charge is 0.339 e. The Bertz CT molecular complexity index is 543. The number of fused-ring (bicyclic) bond motifs is 1. The summed E-state index contributed by atoms with van der Waals surface area (Å²) in [6.45, 7) is 1.29. The van der Waals surface area contributed by atoms with E-state index in [9.17, 15) is 4.79 Å². The van der Waals surface area contributed by atoms with Crippen molar-refractivity contribution in [1.82, 2.24) is 4.57 Å². The number of aromatic nitrogens is 1. The van der Waals surface area contributed by atoms with E-state index in [-0.39, 0.29) is 5.97 Å². The van der Waals surface area contributed by atoms with Gasteiger partial charge in [-0.05, 0) is 11.1 Å². The third-order valence-electron chi connectivity index (χ3n) is 2.99. The van der Waals surface area contributed by atoms with E-state index in [0.717, 1.165) is 18.5 Å². The number of benzene rings is 1. The maximum atomic E-state index is 11.5. The molecule has 3 heteroatoms. The molecule has 0 N–H and O–H groups in total. The normalized spacial score (nSPS) is 14.2. The van der Waals surface area contributed by atoms with Gasteiger partial charge in [0.15, 0.2) is 0 Å². The summed E-state index contributed by atoms with van der Waals surface area (Å²) in [7, 11) is 0. The van der Waals surface area contributed by atoms with Crippen molar-refractivity contribution in [2.75, 3.05) is 6.61 Å². The molecule has 0 amide bonds. The number of nitrogens with zero attached hydrogens (tertiary/aromatic N) is 1. The van der Waals surface area contributed by atoms with Crippen LogP contribution in [0.25, 0.3) is 0 Å². The Labute approximate surface area is 99.6 Å². The van der Waals surface area contributed by atoms with Crippen LogP contribution < -0.4 is 0 Å². The minimum absolute atomic E-state index is 0.196. The van der Waals surface area contributed by atoms with E-state index in [2.05, 4.69) is 12.1 Å². The van der Waals surface area contributed by atoms with Crippen molar-refractivity contribution in [3.8, 4) is 0 Å². The number of carbonyl (C=O) groups is 1. The summed E-state index contributed by atoms with van der Waals surface area (Å²) in [4.78, 5) is 11.5. The molecule has 86 valence electrons. The summed E-state index contributed by atoms with van der Waals surface area (Å²) in [5.74, 6) is -0.196. The average molecular weight is 227 g/mol. The van der Waals surface area contributed by atoms with Gasteiger partial charge in [0.1, 0.15) is 0 Å². The molecule has 0 unspecified atom stereocenters. The van der Waals surface area contributed by atoms with Crippen molar-refractivity contribution in [1.29, 1.82) is 0 Å². The molecule has 0 aliphatic carbocycles. The number of esters is 1. The molecule has 1 aromatic carbocycles. The van der Waals surface area contributed by atoms with Gasteiger partial charge in [-0.15, -0.1) is 0 Å². The molecule has 0 saturated heterocycles. The van der Waals surface area contributed by atoms with Crippen LogP contribution in [0.15, 0.2) is 42.7 Å². The number of rotatable bonds is 2. The van der Waals surface area contributed by atoms with E-state index in [1.54, 1.807) is 0 Å². The highest BCUT2D eigenvalue weighted by molar-refractivity contribution is 5.91. The van der Waals surface area contributed by atoms with Crippen LogP contribution in [0.1, 0.15) is 21.5 Å². The first kappa shape index (κ1) is 10.1. The third-order valence-corrected chi connectivity index (χ3v) is 2.99. The fourth-order valence-electron chi connectivity index (χ4n) is 2.16. The Morgan fingerprint density at radius 3 is 2.76 bits per heavy atom. The lowest BCUT2D eigenvalue weighted by Crippen LogP contribution is -2.15. The molecular weight excluding hydrogens is 214 g/mol. The van der Waals surface area contributed by atoms with E-state index in [1.807, 2.05) is 35.2 Å². The lowest BCUT2D eigenvalue weighted by atomic mass is 10.1. The van der Waals surface area contributed by atoms with Crippen molar-refractivity contribution in [3.63, 3.8) is 0 Å². The van der Waals surface area contributed by atoms with Crippen molar-refractivity contribution in [2.45, 2.75) is 13.0 Å². The van der Waals surface area contributed by atoms with Crippen molar-refractivity contribution in [3.05, 3.63) is 59.4 Å². The largest absolute Gasteiger partial charge is 0.462 e. The third kappa shape index (κ3) is 1.96. The molecule has 3 nitrogen and oxygen atoms in total. The molecule has 0 radical (unpaired) electrons. The van der Waals surface area contributed by atoms with Crippen LogP contribution in [0.2, 0.25) is 0 Å². The van der Waals surface area contributed by atoms with Crippen LogP contribution in [0.3, 0.4) is 0 Å². The average Bonchev–Trinajstić information content (AvgIpc) is 2.74. The highest BCUT2D eigenvalue weighted by atomic mass is 16.5. The van der Waals surface area contributed by atoms with Crippen molar-refractivity contribution >= 4 is 5.97 Å². The molecular formula is C14H13NO2. The minimum Gasteiger partial charge on any atom is -0.462 e. The summed E-state index contributed by atoms with van der Waals surface area (Å²) < 4.78 is 7.06. The van der Waals surface area contributed by atoms with Gasteiger partial charge in [0, 0.05) is 25.4 Å². The highest BCUT2D eigenvalue weighted by Crippen LogP contribution is 2.18. The Kier molecular flexibility index (Phi) is 2.44. The molecule has 3 rings (SSSR count). The van der Waals surface area contributed by atoms with Gasteiger partial charge in [0.2, 0.25) is 0 Å². The van der Waals surface area contributed by atoms with Crippen LogP contribution >= 0.6 is 0 Å². The van der Waals surface area contributed by atoms with E-state index in [0.29, 0.717) is 12.2 Å². The quantitative estimate of drug-likeness (QED) is 0.737. The zero-order chi connectivity index (χ0) is 11.7. The second-order valence-corrected chi connectivity index (χ2v) is 4.24. The molecule has 1 aliphatic heterocycles. The van der Waals surface area contributed by atoms with Gasteiger partial charge in [-0.1, -0.05) is 30.3 Å². The lowest BCUT2D eigenvalue weighted by Gasteiger charge is -2.09. The first-order chi connectivity index (χ1) is 8.33. The summed E-state index contributed by atoms with van der Waals surface area (Å²) in [6, 6.07) is 10.2. The summed E-state index contributed by atoms with van der Waals surface area (Å²) >= 11 is 0. The molecule has 2 heterocycles. The topological polar surface area (TPSA) is 31.2 Å². The predicted molar refractivity (Wildman–Crippen MR) is 64.0 cm³/mol. The highest BCUT2D eigenvalue weighted by Gasteiger charge is 2.20. The van der Waals surface area contributed by atoms with Crippen LogP contribution in [-0.2, 0) is 17.7 Å². The zero-order valence-electron chi connectivity index (χ0n) is 9.43. The Morgan fingerprint density at radius 2 is 2.00 bits per heavy atom. The molecule has 0 fully saturated rings. The molecule has 0 saturated carbocycles. The second-order valence-electron chi connectivity index (χ2n) is 4.24. The van der Waals surface area contributed by atoms with E-state index >= 15 is 0 Å². The van der Waals surface area contributed by atoms with Gasteiger partial charge in [0.25, 0.3) is 0 Å². The van der Waals surface area contributed by atoms with Gasteiger partial charge in [0.05, 0.1) is 12.2 Å². The number of ether oxygens (including phenoxy) is 1. The molecule has 1 aliphatic rings. The molecule has 2 aromatic rings. The summed E-state index contributed by atoms with van der Waals surface area (Å²) in [5.41, 5.74) is 3.04. The van der Waals surface area contributed by atoms with Crippen LogP contribution in [0, 0.1) is 0 Å². The molecule has 0 spiro atoms. The maximum Gasteiger partial charge on any atom is 0.339 e. The standard InChI is InChI=1S/C14H13NO2/c16-14-13-10-15(9-12(13)6-7-17-14)8-11-4-2-1-3-5-11/h1-5,9-10H,6-8H2. The first-order valence-electron chi connectivity index (χ1n) is 5.72. The Hall–Kier alpha value is -2.03. The lowest BCUT2D eigenvalue weighted by molar-refractivity contribution is 0.0481. The van der Waals surface area contributed by atoms with Crippen LogP contribution in [-0.4, -0.2) is 17.1 Å². The van der Waals surface area contributed by atoms with E-state index in [1.165, 1.54) is 5.56 Å². The molecule has 0 atom stereocenters. The number of carbonyl (C=O) groups excluding carboxylic acids is 1. The van der Waals surface area contributed by atoms with Crippen LogP contribution in [0.5, 0.6) is 0 Å². The van der Waals surface area contributed by atoms with Gasteiger partial charge in [-0.3, -0.25) is 0 Å². The number of hydrogen-bond donors (Lipinski definition) is 0. The van der Waals surface area contributed by atoms with Gasteiger partial charge < -0.3 is 9.30 Å². The summed E-state index contributed by atoms with van der Waals surface area (Å²) in [5, 5.41) is 0. The minimum atomic E-state index is -0.196. The van der Waals surface area contributed by atoms with Crippen LogP contribution in [0.4, 0.5) is 0 Å². The molecule has 0 bridgehead atoms. The zero-order valence-corrected chi connectivity index (χ0v) is 9.43. The Balaban J connectivity index is 1.88. The first-order valence-corrected chi connectivity index (χ1v) is 5.72. The SMILES string of the molecule is O=C1OCCc2cn(Cc3ccccc3)cc21. The number of cyclic esters (lactones) is 1. The fraction of sp³-hybridized carbons (Fsp3) is 0.214. The number of hydrogen-bond acceptors (Lipinski definition) is 2. The summed E-state index contributed by atoms with van der Waals surface area (Å²) in [6.07, 6.45) is 4.75. The molecule has 17 heavy (non-hydrogen) atoms. The predicted octanol–water partition coefficient (Wildman–Crippen LogP) is 2.25. The van der Waals surface area contributed by atoms with E-state index in [4.69, 9.17) is 4.74 Å².